The van der Waals surface area contributed by atoms with E-state index in [-0.39, 0.29) is 0 Å². The molecule has 2 atom stereocenters. The van der Waals surface area contributed by atoms with Crippen molar-refractivity contribution in [3.63, 3.8) is 0 Å². The largest absolute Gasteiger partial charge is 0.371 e. The van der Waals surface area contributed by atoms with Crippen molar-refractivity contribution in [1.82, 2.24) is 5.32 Å². The Morgan fingerprint density at radius 2 is 1.95 bits per heavy atom. The second-order valence-corrected chi connectivity index (χ2v) is 7.22. The highest BCUT2D eigenvalue weighted by Crippen LogP contribution is 2.31. The average Bonchev–Trinajstić information content (AvgIpc) is 2.39. The van der Waals surface area contributed by atoms with Crippen LogP contribution in [0, 0.1) is 11.8 Å². The normalized spacial score (nSPS) is 23.1. The lowest BCUT2D eigenvalue weighted by molar-refractivity contribution is 0.356. The van der Waals surface area contributed by atoms with Gasteiger partial charge in [0.05, 0.1) is 0 Å². The summed E-state index contributed by atoms with van der Waals surface area (Å²) >= 11 is 3.63. The molecular weight excluding hydrogens is 312 g/mol. The molecule has 1 aliphatic rings. The molecule has 1 aromatic rings. The van der Waals surface area contributed by atoms with Gasteiger partial charge in [0.15, 0.2) is 0 Å². The number of nitrogens with one attached hydrogen (secondary N) is 1. The average molecular weight is 339 g/mol. The Bertz CT molecular complexity index is 423. The zero-order valence-electron chi connectivity index (χ0n) is 13.0. The molecule has 0 aromatic heterocycles. The van der Waals surface area contributed by atoms with E-state index in [0.717, 1.165) is 24.9 Å². The van der Waals surface area contributed by atoms with Crippen molar-refractivity contribution in [2.24, 2.45) is 11.8 Å². The lowest BCUT2D eigenvalue weighted by Gasteiger charge is -2.37. The Morgan fingerprint density at radius 1 is 1.25 bits per heavy atom. The first-order valence-electron chi connectivity index (χ1n) is 7.84. The first-order chi connectivity index (χ1) is 9.60. The molecule has 3 heteroatoms. The SMILES string of the molecule is CCCNCc1ccc(Br)cc1N1CC(C)CC(C)C1. The van der Waals surface area contributed by atoms with E-state index in [1.807, 2.05) is 0 Å². The van der Waals surface area contributed by atoms with E-state index in [1.165, 1.54) is 41.7 Å². The quantitative estimate of drug-likeness (QED) is 0.799. The first-order valence-corrected chi connectivity index (χ1v) is 8.63. The predicted octanol–water partition coefficient (Wildman–Crippen LogP) is 4.43. The van der Waals surface area contributed by atoms with Crippen LogP contribution in [0.2, 0.25) is 0 Å². The zero-order valence-corrected chi connectivity index (χ0v) is 14.5. The van der Waals surface area contributed by atoms with E-state index in [9.17, 15) is 0 Å². The lowest BCUT2D eigenvalue weighted by atomic mass is 9.91. The molecule has 0 aliphatic carbocycles. The van der Waals surface area contributed by atoms with Gasteiger partial charge in [-0.05, 0) is 48.9 Å². The molecule has 112 valence electrons. The van der Waals surface area contributed by atoms with Gasteiger partial charge in [-0.1, -0.05) is 42.8 Å². The van der Waals surface area contributed by atoms with Crippen LogP contribution in [0.1, 0.15) is 39.2 Å². The fraction of sp³-hybridized carbons (Fsp3) is 0.647. The van der Waals surface area contributed by atoms with E-state index in [0.29, 0.717) is 0 Å². The maximum absolute atomic E-state index is 3.63. The predicted molar refractivity (Wildman–Crippen MR) is 91.3 cm³/mol. The molecule has 1 saturated heterocycles. The van der Waals surface area contributed by atoms with Crippen molar-refractivity contribution < 1.29 is 0 Å². The van der Waals surface area contributed by atoms with Gasteiger partial charge in [0.25, 0.3) is 0 Å². The summed E-state index contributed by atoms with van der Waals surface area (Å²) in [5, 5.41) is 3.53. The highest BCUT2D eigenvalue weighted by molar-refractivity contribution is 9.10. The van der Waals surface area contributed by atoms with Gasteiger partial charge in [-0.2, -0.15) is 0 Å². The fourth-order valence-electron chi connectivity index (χ4n) is 3.24. The molecule has 2 rings (SSSR count). The third kappa shape index (κ3) is 4.23. The summed E-state index contributed by atoms with van der Waals surface area (Å²) in [5.41, 5.74) is 2.82. The van der Waals surface area contributed by atoms with Crippen molar-refractivity contribution in [2.75, 3.05) is 24.5 Å². The lowest BCUT2D eigenvalue weighted by Crippen LogP contribution is -2.39. The molecule has 0 saturated carbocycles. The van der Waals surface area contributed by atoms with Gasteiger partial charge in [-0.15, -0.1) is 0 Å². The maximum atomic E-state index is 3.63. The molecule has 0 amide bonds. The summed E-state index contributed by atoms with van der Waals surface area (Å²) in [6.45, 7) is 11.4. The van der Waals surface area contributed by atoms with Gasteiger partial charge in [-0.25, -0.2) is 0 Å². The molecule has 0 spiro atoms. The van der Waals surface area contributed by atoms with Crippen LogP contribution in [0.15, 0.2) is 22.7 Å². The Hall–Kier alpha value is -0.540. The van der Waals surface area contributed by atoms with E-state index in [1.54, 1.807) is 0 Å². The first kappa shape index (κ1) is 15.8. The summed E-state index contributed by atoms with van der Waals surface area (Å²) in [6, 6.07) is 6.70. The molecule has 0 bridgehead atoms. The van der Waals surface area contributed by atoms with Gasteiger partial charge in [0.1, 0.15) is 0 Å². The van der Waals surface area contributed by atoms with Crippen LogP contribution in [-0.4, -0.2) is 19.6 Å². The van der Waals surface area contributed by atoms with Gasteiger partial charge in [0.2, 0.25) is 0 Å². The van der Waals surface area contributed by atoms with Crippen molar-refractivity contribution in [3.05, 3.63) is 28.2 Å². The van der Waals surface area contributed by atoms with Gasteiger partial charge < -0.3 is 10.2 Å². The second kappa shape index (κ2) is 7.46. The molecule has 1 aromatic carbocycles. The van der Waals surface area contributed by atoms with Crippen LogP contribution in [0.3, 0.4) is 0 Å². The molecule has 1 aliphatic heterocycles. The third-order valence-electron chi connectivity index (χ3n) is 4.00. The Labute approximate surface area is 132 Å². The minimum absolute atomic E-state index is 0.786. The summed E-state index contributed by atoms with van der Waals surface area (Å²) in [4.78, 5) is 2.58. The van der Waals surface area contributed by atoms with Gasteiger partial charge >= 0.3 is 0 Å². The molecule has 2 nitrogen and oxygen atoms in total. The standard InChI is InChI=1S/C17H27BrN2/c1-4-7-19-10-15-5-6-16(18)9-17(15)20-11-13(2)8-14(3)12-20/h5-6,9,13-14,19H,4,7-8,10-12H2,1-3H3. The van der Waals surface area contributed by atoms with Gasteiger partial charge in [-0.3, -0.25) is 0 Å². The number of hydrogen-bond donors (Lipinski definition) is 1. The number of halogens is 1. The molecule has 20 heavy (non-hydrogen) atoms. The number of nitrogens with zero attached hydrogens (tertiary/aromatic N) is 1. The van der Waals surface area contributed by atoms with E-state index >= 15 is 0 Å². The smallest absolute Gasteiger partial charge is 0.0423 e. The summed E-state index contributed by atoms with van der Waals surface area (Å²) in [5.74, 6) is 1.57. The Balaban J connectivity index is 2.17. The topological polar surface area (TPSA) is 15.3 Å². The van der Waals surface area contributed by atoms with Crippen LogP contribution in [0.5, 0.6) is 0 Å². The molecular formula is C17H27BrN2. The zero-order chi connectivity index (χ0) is 14.5. The van der Waals surface area contributed by atoms with Crippen molar-refractivity contribution >= 4 is 21.6 Å². The third-order valence-corrected chi connectivity index (χ3v) is 4.49. The van der Waals surface area contributed by atoms with Crippen molar-refractivity contribution in [1.29, 1.82) is 0 Å². The summed E-state index contributed by atoms with van der Waals surface area (Å²) < 4.78 is 1.18. The van der Waals surface area contributed by atoms with E-state index in [4.69, 9.17) is 0 Å². The molecule has 0 radical (unpaired) electrons. The minimum Gasteiger partial charge on any atom is -0.371 e. The van der Waals surface area contributed by atoms with Crippen LogP contribution < -0.4 is 10.2 Å². The summed E-state index contributed by atoms with van der Waals surface area (Å²) in [7, 11) is 0. The van der Waals surface area contributed by atoms with Crippen LogP contribution >= 0.6 is 15.9 Å². The minimum atomic E-state index is 0.786. The van der Waals surface area contributed by atoms with Crippen LogP contribution in [0.25, 0.3) is 0 Å². The number of piperidine rings is 1. The van der Waals surface area contributed by atoms with Crippen LogP contribution in [0.4, 0.5) is 5.69 Å². The number of rotatable bonds is 5. The highest BCUT2D eigenvalue weighted by atomic mass is 79.9. The van der Waals surface area contributed by atoms with E-state index < -0.39 is 0 Å². The van der Waals surface area contributed by atoms with E-state index in [2.05, 4.69) is 65.1 Å². The highest BCUT2D eigenvalue weighted by Gasteiger charge is 2.23. The maximum Gasteiger partial charge on any atom is 0.0423 e. The van der Waals surface area contributed by atoms with Crippen LogP contribution in [-0.2, 0) is 6.54 Å². The Kier molecular flexibility index (Phi) is 5.91. The van der Waals surface area contributed by atoms with Crippen molar-refractivity contribution in [2.45, 2.75) is 40.2 Å². The fourth-order valence-corrected chi connectivity index (χ4v) is 3.59. The number of hydrogen-bond acceptors (Lipinski definition) is 2. The Morgan fingerprint density at radius 3 is 2.60 bits per heavy atom. The molecule has 1 fully saturated rings. The van der Waals surface area contributed by atoms with Gasteiger partial charge in [0, 0.05) is 29.8 Å². The number of benzene rings is 1. The summed E-state index contributed by atoms with van der Waals surface area (Å²) in [6.07, 6.45) is 2.54. The second-order valence-electron chi connectivity index (χ2n) is 6.30. The van der Waals surface area contributed by atoms with Crippen molar-refractivity contribution in [3.8, 4) is 0 Å². The molecule has 1 N–H and O–H groups in total. The number of anilines is 1. The monoisotopic (exact) mass is 338 g/mol. The molecule has 1 heterocycles. The molecule has 2 unspecified atom stereocenters.